The number of ether oxygens (including phenoxy) is 1. The molecule has 1 atom stereocenters. The van der Waals surface area contributed by atoms with Crippen molar-refractivity contribution in [3.63, 3.8) is 0 Å². The van der Waals surface area contributed by atoms with Crippen LogP contribution in [0.1, 0.15) is 22.8 Å². The van der Waals surface area contributed by atoms with Gasteiger partial charge in [-0.2, -0.15) is 0 Å². The third kappa shape index (κ3) is 4.35. The van der Waals surface area contributed by atoms with Crippen molar-refractivity contribution in [2.45, 2.75) is 12.5 Å². The molecule has 0 spiro atoms. The number of anilines is 1. The van der Waals surface area contributed by atoms with Gasteiger partial charge in [0.1, 0.15) is 17.8 Å². The van der Waals surface area contributed by atoms with Crippen LogP contribution in [0.4, 0.5) is 10.5 Å². The van der Waals surface area contributed by atoms with Gasteiger partial charge in [-0.25, -0.2) is 4.79 Å². The third-order valence-corrected chi connectivity index (χ3v) is 5.07. The number of hydrogen-bond acceptors (Lipinski definition) is 5. The molecule has 1 heterocycles. The largest absolute Gasteiger partial charge is 0.497 e. The highest BCUT2D eigenvalue weighted by molar-refractivity contribution is 6.10. The Morgan fingerprint density at radius 2 is 1.68 bits per heavy atom. The van der Waals surface area contributed by atoms with E-state index >= 15 is 0 Å². The summed E-state index contributed by atoms with van der Waals surface area (Å²) < 4.78 is 5.12. The molecule has 0 radical (unpaired) electrons. The van der Waals surface area contributed by atoms with Crippen LogP contribution in [-0.2, 0) is 15.1 Å². The molecule has 31 heavy (non-hydrogen) atoms. The molecule has 0 aliphatic carbocycles. The van der Waals surface area contributed by atoms with Crippen molar-refractivity contribution in [3.05, 3.63) is 59.7 Å². The first-order valence-electron chi connectivity index (χ1n) is 9.56. The number of hydrogen-bond donors (Lipinski definition) is 2. The number of nitrogens with one attached hydrogen (secondary N) is 2. The summed E-state index contributed by atoms with van der Waals surface area (Å²) in [5.74, 6) is -0.590. The smallest absolute Gasteiger partial charge is 0.325 e. The Balaban J connectivity index is 1.68. The summed E-state index contributed by atoms with van der Waals surface area (Å²) in [7, 11) is 4.83. The van der Waals surface area contributed by atoms with Gasteiger partial charge in [0.25, 0.3) is 11.8 Å². The van der Waals surface area contributed by atoms with Crippen molar-refractivity contribution in [2.75, 3.05) is 33.1 Å². The first kappa shape index (κ1) is 21.8. The highest BCUT2D eigenvalue weighted by atomic mass is 16.5. The van der Waals surface area contributed by atoms with Crippen LogP contribution in [0, 0.1) is 0 Å². The fourth-order valence-corrected chi connectivity index (χ4v) is 3.26. The number of methoxy groups -OCH3 is 1. The van der Waals surface area contributed by atoms with Crippen molar-refractivity contribution in [1.29, 1.82) is 0 Å². The molecule has 0 aromatic heterocycles. The lowest BCUT2D eigenvalue weighted by Crippen LogP contribution is -2.42. The van der Waals surface area contributed by atoms with Crippen LogP contribution in [0.2, 0.25) is 0 Å². The summed E-state index contributed by atoms with van der Waals surface area (Å²) in [5.41, 5.74) is 0.228. The van der Waals surface area contributed by atoms with E-state index in [9.17, 15) is 19.2 Å². The number of urea groups is 1. The molecule has 1 fully saturated rings. The molecule has 0 saturated carbocycles. The van der Waals surface area contributed by atoms with Crippen LogP contribution < -0.4 is 15.4 Å². The molecule has 162 valence electrons. The summed E-state index contributed by atoms with van der Waals surface area (Å²) in [6.07, 6.45) is 0. The first-order chi connectivity index (χ1) is 14.7. The van der Waals surface area contributed by atoms with Gasteiger partial charge < -0.3 is 20.3 Å². The molecule has 1 aliphatic heterocycles. The van der Waals surface area contributed by atoms with Crippen LogP contribution in [0.15, 0.2) is 48.5 Å². The van der Waals surface area contributed by atoms with E-state index in [0.29, 0.717) is 22.6 Å². The molecule has 3 rings (SSSR count). The van der Waals surface area contributed by atoms with Gasteiger partial charge >= 0.3 is 6.03 Å². The van der Waals surface area contributed by atoms with E-state index in [1.165, 1.54) is 12.0 Å². The van der Waals surface area contributed by atoms with E-state index < -0.39 is 29.9 Å². The molecule has 0 bridgehead atoms. The van der Waals surface area contributed by atoms with Gasteiger partial charge in [-0.1, -0.05) is 12.1 Å². The second kappa shape index (κ2) is 8.47. The number of nitrogens with zero attached hydrogens (tertiary/aromatic N) is 2. The van der Waals surface area contributed by atoms with Crippen LogP contribution in [-0.4, -0.2) is 61.3 Å². The fourth-order valence-electron chi connectivity index (χ4n) is 3.26. The lowest BCUT2D eigenvalue weighted by Gasteiger charge is -2.22. The minimum atomic E-state index is -1.28. The van der Waals surface area contributed by atoms with Crippen molar-refractivity contribution in [2.24, 2.45) is 0 Å². The number of carbonyl (C=O) groups is 4. The maximum atomic E-state index is 13.0. The van der Waals surface area contributed by atoms with Crippen LogP contribution in [0.25, 0.3) is 0 Å². The van der Waals surface area contributed by atoms with Gasteiger partial charge in [0.15, 0.2) is 0 Å². The Bertz CT molecular complexity index is 1020. The zero-order valence-electron chi connectivity index (χ0n) is 17.8. The van der Waals surface area contributed by atoms with E-state index in [2.05, 4.69) is 10.6 Å². The average Bonchev–Trinajstić information content (AvgIpc) is 2.97. The minimum Gasteiger partial charge on any atom is -0.497 e. The number of imide groups is 1. The predicted molar refractivity (Wildman–Crippen MR) is 114 cm³/mol. The summed E-state index contributed by atoms with van der Waals surface area (Å²) in [6.45, 7) is 1.15. The number of rotatable bonds is 6. The normalized spacial score (nSPS) is 17.9. The lowest BCUT2D eigenvalue weighted by molar-refractivity contribution is -0.133. The lowest BCUT2D eigenvalue weighted by atomic mass is 9.92. The average molecular weight is 424 g/mol. The van der Waals surface area contributed by atoms with E-state index in [-0.39, 0.29) is 5.91 Å². The maximum Gasteiger partial charge on any atom is 0.325 e. The van der Waals surface area contributed by atoms with Crippen LogP contribution >= 0.6 is 0 Å². The summed E-state index contributed by atoms with van der Waals surface area (Å²) in [5, 5.41) is 5.29. The Morgan fingerprint density at radius 1 is 1.06 bits per heavy atom. The van der Waals surface area contributed by atoms with Gasteiger partial charge in [0, 0.05) is 25.3 Å². The third-order valence-electron chi connectivity index (χ3n) is 5.07. The maximum absolute atomic E-state index is 13.0. The molecule has 9 nitrogen and oxygen atoms in total. The molecule has 2 aromatic carbocycles. The first-order valence-corrected chi connectivity index (χ1v) is 9.56. The second-order valence-electron chi connectivity index (χ2n) is 7.50. The topological polar surface area (TPSA) is 108 Å². The highest BCUT2D eigenvalue weighted by Crippen LogP contribution is 2.30. The van der Waals surface area contributed by atoms with Gasteiger partial charge in [0.2, 0.25) is 5.91 Å². The monoisotopic (exact) mass is 424 g/mol. The Labute approximate surface area is 180 Å². The highest BCUT2D eigenvalue weighted by Gasteiger charge is 2.49. The molecule has 1 aliphatic rings. The van der Waals surface area contributed by atoms with Crippen molar-refractivity contribution in [3.8, 4) is 5.75 Å². The van der Waals surface area contributed by atoms with Crippen molar-refractivity contribution >= 4 is 29.4 Å². The quantitative estimate of drug-likeness (QED) is 0.688. The summed E-state index contributed by atoms with van der Waals surface area (Å²) in [6, 6.07) is 12.5. The zero-order chi connectivity index (χ0) is 22.8. The molecule has 5 amide bonds. The Kier molecular flexibility index (Phi) is 5.96. The summed E-state index contributed by atoms with van der Waals surface area (Å²) in [4.78, 5) is 52.1. The zero-order valence-corrected chi connectivity index (χ0v) is 17.8. The molecular formula is C22H24N4O5. The molecular weight excluding hydrogens is 400 g/mol. The van der Waals surface area contributed by atoms with Crippen LogP contribution in [0.3, 0.4) is 0 Å². The molecule has 0 unspecified atom stereocenters. The van der Waals surface area contributed by atoms with E-state index in [4.69, 9.17) is 4.74 Å². The number of amides is 5. The van der Waals surface area contributed by atoms with Crippen molar-refractivity contribution < 1.29 is 23.9 Å². The van der Waals surface area contributed by atoms with Gasteiger partial charge in [-0.3, -0.25) is 19.3 Å². The van der Waals surface area contributed by atoms with Gasteiger partial charge in [-0.15, -0.1) is 0 Å². The Hall–Kier alpha value is -3.88. The van der Waals surface area contributed by atoms with Gasteiger partial charge in [0.05, 0.1) is 7.11 Å². The molecule has 9 heteroatoms. The predicted octanol–water partition coefficient (Wildman–Crippen LogP) is 1.80. The standard InChI is InChI=1S/C22H24N4O5/c1-22(15-7-11-17(31-4)12-8-15)20(29)26(21(30)24-22)13-18(27)23-16-9-5-14(6-10-16)19(28)25(2)3/h5-12H,13H2,1-4H3,(H,23,27)(H,24,30)/t22-/m1/s1. The fraction of sp³-hybridized carbons (Fsp3) is 0.273. The molecule has 2 aromatic rings. The van der Waals surface area contributed by atoms with E-state index in [1.807, 2.05) is 0 Å². The summed E-state index contributed by atoms with van der Waals surface area (Å²) >= 11 is 0. The Morgan fingerprint density at radius 3 is 2.23 bits per heavy atom. The number of carbonyl (C=O) groups excluding carboxylic acids is 4. The van der Waals surface area contributed by atoms with Crippen molar-refractivity contribution in [1.82, 2.24) is 15.1 Å². The molecule has 1 saturated heterocycles. The van der Waals surface area contributed by atoms with E-state index in [1.54, 1.807) is 69.6 Å². The van der Waals surface area contributed by atoms with Crippen LogP contribution in [0.5, 0.6) is 5.75 Å². The van der Waals surface area contributed by atoms with E-state index in [0.717, 1.165) is 4.90 Å². The second-order valence-corrected chi connectivity index (χ2v) is 7.50. The molecule has 2 N–H and O–H groups in total. The SMILES string of the molecule is COc1ccc([C@@]2(C)NC(=O)N(CC(=O)Nc3ccc(C(=O)N(C)C)cc3)C2=O)cc1. The number of benzene rings is 2. The van der Waals surface area contributed by atoms with Gasteiger partial charge in [-0.05, 0) is 48.9 Å². The minimum absolute atomic E-state index is 0.157.